The molecule has 2 unspecified atom stereocenters. The molecule has 0 fully saturated rings. The molecule has 2 aromatic carbocycles. The highest BCUT2D eigenvalue weighted by Gasteiger charge is 2.31. The van der Waals surface area contributed by atoms with Gasteiger partial charge < -0.3 is 26.8 Å². The van der Waals surface area contributed by atoms with Gasteiger partial charge in [0.15, 0.2) is 0 Å². The maximum absolute atomic E-state index is 13.4. The van der Waals surface area contributed by atoms with Crippen LogP contribution in [0.5, 0.6) is 5.75 Å². The number of phenolic OH excluding ortho intramolecular Hbond substituents is 1. The number of hydrogen-bond acceptors (Lipinski definition) is 5. The normalized spacial score (nSPS) is 15.1. The topological polar surface area (TPSA) is 134 Å². The third-order valence-electron chi connectivity index (χ3n) is 6.67. The van der Waals surface area contributed by atoms with Gasteiger partial charge in [0.2, 0.25) is 17.7 Å². The van der Waals surface area contributed by atoms with Crippen LogP contribution in [0, 0.1) is 11.8 Å². The Kier molecular flexibility index (Phi) is 11.4. The number of phenols is 1. The molecule has 0 spiro atoms. The molecule has 0 aliphatic rings. The van der Waals surface area contributed by atoms with Crippen LogP contribution in [0.3, 0.4) is 0 Å². The zero-order chi connectivity index (χ0) is 26.7. The van der Waals surface area contributed by atoms with Crippen molar-refractivity contribution in [3.63, 3.8) is 0 Å². The lowest BCUT2D eigenvalue weighted by molar-refractivity contribution is -0.133. The molecule has 5 atom stereocenters. The van der Waals surface area contributed by atoms with E-state index in [1.54, 1.807) is 12.1 Å². The van der Waals surface area contributed by atoms with Crippen LogP contribution < -0.4 is 21.7 Å². The molecule has 0 aliphatic heterocycles. The third-order valence-corrected chi connectivity index (χ3v) is 6.67. The molecule has 2 aromatic rings. The molecule has 3 amide bonds. The predicted octanol–water partition coefficient (Wildman–Crippen LogP) is 2.64. The first-order chi connectivity index (χ1) is 17.2. The van der Waals surface area contributed by atoms with Crippen LogP contribution in [0.2, 0.25) is 0 Å². The molecule has 6 N–H and O–H groups in total. The fourth-order valence-electron chi connectivity index (χ4n) is 3.71. The van der Waals surface area contributed by atoms with Gasteiger partial charge in [0, 0.05) is 13.0 Å². The first-order valence-corrected chi connectivity index (χ1v) is 12.6. The first-order valence-electron chi connectivity index (χ1n) is 12.6. The van der Waals surface area contributed by atoms with Gasteiger partial charge in [-0.1, -0.05) is 83.0 Å². The highest BCUT2D eigenvalue weighted by atomic mass is 16.3. The summed E-state index contributed by atoms with van der Waals surface area (Å²) in [6.07, 6.45) is 1.59. The van der Waals surface area contributed by atoms with E-state index >= 15 is 0 Å². The molecule has 8 heteroatoms. The Labute approximate surface area is 214 Å². The van der Waals surface area contributed by atoms with Crippen LogP contribution in [-0.2, 0) is 27.3 Å². The zero-order valence-corrected chi connectivity index (χ0v) is 21.7. The summed E-state index contributed by atoms with van der Waals surface area (Å²) >= 11 is 0. The number of carbonyl (C=O) groups excluding carboxylic acids is 3. The number of amides is 3. The van der Waals surface area contributed by atoms with Crippen molar-refractivity contribution in [2.75, 3.05) is 0 Å². The van der Waals surface area contributed by atoms with Crippen molar-refractivity contribution in [2.24, 2.45) is 17.6 Å². The Morgan fingerprint density at radius 3 is 2.00 bits per heavy atom. The minimum absolute atomic E-state index is 0.0565. The van der Waals surface area contributed by atoms with Crippen LogP contribution in [0.15, 0.2) is 54.6 Å². The number of rotatable bonds is 13. The Hall–Kier alpha value is -3.39. The molecule has 0 radical (unpaired) electrons. The zero-order valence-electron chi connectivity index (χ0n) is 21.7. The number of nitrogens with one attached hydrogen (secondary N) is 3. The van der Waals surface area contributed by atoms with E-state index in [-0.39, 0.29) is 29.9 Å². The molecule has 2 rings (SSSR count). The fourth-order valence-corrected chi connectivity index (χ4v) is 3.71. The van der Waals surface area contributed by atoms with Gasteiger partial charge in [-0.3, -0.25) is 14.4 Å². The first kappa shape index (κ1) is 28.8. The van der Waals surface area contributed by atoms with Crippen molar-refractivity contribution in [2.45, 2.75) is 71.6 Å². The summed E-state index contributed by atoms with van der Waals surface area (Å²) in [4.78, 5) is 39.3. The maximum Gasteiger partial charge on any atom is 0.243 e. The van der Waals surface area contributed by atoms with Crippen LogP contribution in [0.1, 0.15) is 51.7 Å². The third kappa shape index (κ3) is 8.68. The Morgan fingerprint density at radius 2 is 1.42 bits per heavy atom. The molecule has 0 saturated heterocycles. The van der Waals surface area contributed by atoms with Gasteiger partial charge in [-0.2, -0.15) is 0 Å². The van der Waals surface area contributed by atoms with Crippen LogP contribution in [0.25, 0.3) is 0 Å². The summed E-state index contributed by atoms with van der Waals surface area (Å²) < 4.78 is 0. The fraction of sp³-hybridized carbons (Fsp3) is 0.464. The van der Waals surface area contributed by atoms with Crippen LogP contribution >= 0.6 is 0 Å². The Balaban J connectivity index is 2.19. The van der Waals surface area contributed by atoms with E-state index in [9.17, 15) is 19.5 Å². The number of nitrogens with two attached hydrogens (primary N) is 1. The van der Waals surface area contributed by atoms with E-state index in [0.29, 0.717) is 13.0 Å². The molecule has 8 nitrogen and oxygen atoms in total. The second-order valence-corrected chi connectivity index (χ2v) is 9.42. The van der Waals surface area contributed by atoms with Gasteiger partial charge in [0.05, 0.1) is 6.04 Å². The van der Waals surface area contributed by atoms with Crippen LogP contribution in [0.4, 0.5) is 0 Å². The van der Waals surface area contributed by atoms with E-state index in [0.717, 1.165) is 17.5 Å². The van der Waals surface area contributed by atoms with Crippen molar-refractivity contribution in [1.82, 2.24) is 16.0 Å². The largest absolute Gasteiger partial charge is 0.508 e. The molecule has 0 aromatic heterocycles. The lowest BCUT2D eigenvalue weighted by Gasteiger charge is -2.28. The van der Waals surface area contributed by atoms with Crippen LogP contribution in [-0.4, -0.2) is 41.0 Å². The molecule has 0 aliphatic carbocycles. The summed E-state index contributed by atoms with van der Waals surface area (Å²) in [5, 5.41) is 18.2. The lowest BCUT2D eigenvalue weighted by atomic mass is 9.96. The minimum Gasteiger partial charge on any atom is -0.508 e. The molecule has 0 saturated carbocycles. The summed E-state index contributed by atoms with van der Waals surface area (Å²) in [6, 6.07) is 13.5. The van der Waals surface area contributed by atoms with E-state index in [2.05, 4.69) is 16.0 Å². The molecule has 36 heavy (non-hydrogen) atoms. The highest BCUT2D eigenvalue weighted by Crippen LogP contribution is 2.14. The van der Waals surface area contributed by atoms with Crippen molar-refractivity contribution in [3.8, 4) is 5.75 Å². The van der Waals surface area contributed by atoms with Crippen molar-refractivity contribution >= 4 is 17.7 Å². The van der Waals surface area contributed by atoms with Gasteiger partial charge >= 0.3 is 0 Å². The van der Waals surface area contributed by atoms with Gasteiger partial charge in [0.1, 0.15) is 17.8 Å². The van der Waals surface area contributed by atoms with E-state index < -0.39 is 29.9 Å². The average Bonchev–Trinajstić information content (AvgIpc) is 2.90. The number of aromatic hydroxyl groups is 1. The van der Waals surface area contributed by atoms with Crippen molar-refractivity contribution in [1.29, 1.82) is 0 Å². The minimum atomic E-state index is -0.939. The average molecular weight is 497 g/mol. The van der Waals surface area contributed by atoms with Gasteiger partial charge in [-0.25, -0.2) is 0 Å². The van der Waals surface area contributed by atoms with E-state index in [1.807, 2.05) is 58.0 Å². The summed E-state index contributed by atoms with van der Waals surface area (Å²) in [5.41, 5.74) is 7.81. The second kappa shape index (κ2) is 14.2. The maximum atomic E-state index is 13.4. The van der Waals surface area contributed by atoms with E-state index in [1.165, 1.54) is 12.1 Å². The van der Waals surface area contributed by atoms with E-state index in [4.69, 9.17) is 5.73 Å². The monoisotopic (exact) mass is 496 g/mol. The Morgan fingerprint density at radius 1 is 0.806 bits per heavy atom. The molecule has 0 bridgehead atoms. The molecular formula is C28H40N4O4. The summed E-state index contributed by atoms with van der Waals surface area (Å²) in [5.74, 6) is -1.25. The lowest BCUT2D eigenvalue weighted by Crippen LogP contribution is -2.58. The smallest absolute Gasteiger partial charge is 0.243 e. The predicted molar refractivity (Wildman–Crippen MR) is 141 cm³/mol. The number of benzene rings is 2. The highest BCUT2D eigenvalue weighted by molar-refractivity contribution is 5.93. The van der Waals surface area contributed by atoms with Gasteiger partial charge in [0.25, 0.3) is 0 Å². The second-order valence-electron chi connectivity index (χ2n) is 9.42. The van der Waals surface area contributed by atoms with Crippen molar-refractivity contribution < 1.29 is 19.5 Å². The summed E-state index contributed by atoms with van der Waals surface area (Å²) in [7, 11) is 0. The van der Waals surface area contributed by atoms with Crippen molar-refractivity contribution in [3.05, 3.63) is 65.7 Å². The SMILES string of the molecule is CCC(C)[C@H](N)C(=O)N[C@@H](Cc1ccc(O)cc1)C(=O)N[C@H](C(=O)NCc1ccccc1)C(C)CC. The summed E-state index contributed by atoms with van der Waals surface area (Å²) in [6.45, 7) is 8.03. The number of hydrogen-bond donors (Lipinski definition) is 5. The standard InChI is InChI=1S/C28H40N4O4/c1-5-18(3)24(29)27(35)31-23(16-20-12-14-22(33)15-13-20)26(34)32-25(19(4)6-2)28(36)30-17-21-10-8-7-9-11-21/h7-15,18-19,23-25,33H,5-6,16-17,29H2,1-4H3,(H,30,36)(H,31,35)(H,32,34)/t18?,19?,23-,24-,25-/m0/s1. The van der Waals surface area contributed by atoms with Gasteiger partial charge in [-0.05, 0) is 35.1 Å². The number of carbonyl (C=O) groups is 3. The molecule has 196 valence electrons. The molecular weight excluding hydrogens is 456 g/mol. The molecule has 0 heterocycles. The Bertz CT molecular complexity index is 981. The quantitative estimate of drug-likeness (QED) is 0.291. The van der Waals surface area contributed by atoms with Gasteiger partial charge in [-0.15, -0.1) is 0 Å².